The topological polar surface area (TPSA) is 87.6 Å². The molecule has 2 amide bonds. The van der Waals surface area contributed by atoms with Crippen molar-refractivity contribution in [2.24, 2.45) is 0 Å². The van der Waals surface area contributed by atoms with Crippen molar-refractivity contribution < 1.29 is 4.79 Å². The predicted octanol–water partition coefficient (Wildman–Crippen LogP) is 3.42. The Hall–Kier alpha value is -3.09. The fraction of sp³-hybridized carbons (Fsp3) is 0.235. The van der Waals surface area contributed by atoms with E-state index in [1.54, 1.807) is 12.3 Å². The number of urea groups is 1. The number of H-pyrrole nitrogens is 1. The Morgan fingerprint density at radius 3 is 2.67 bits per heavy atom. The zero-order chi connectivity index (χ0) is 16.9. The molecule has 3 N–H and O–H groups in total. The van der Waals surface area contributed by atoms with Gasteiger partial charge in [0.25, 0.3) is 0 Å². The molecule has 2 aromatic heterocycles. The van der Waals surface area contributed by atoms with Gasteiger partial charge in [-0.15, -0.1) is 0 Å². The lowest BCUT2D eigenvalue weighted by Crippen LogP contribution is -2.19. The quantitative estimate of drug-likeness (QED) is 0.672. The normalized spacial score (nSPS) is 11.9. The minimum atomic E-state index is -0.317. The fourth-order valence-corrected chi connectivity index (χ4v) is 2.59. The van der Waals surface area contributed by atoms with Gasteiger partial charge in [-0.2, -0.15) is 5.10 Å². The van der Waals surface area contributed by atoms with Crippen LogP contribution < -0.4 is 10.6 Å². The molecular weight excluding hydrogens is 304 g/mol. The molecule has 1 aromatic carbocycles. The summed E-state index contributed by atoms with van der Waals surface area (Å²) in [7, 11) is 0. The van der Waals surface area contributed by atoms with Crippen molar-refractivity contribution >= 4 is 17.5 Å². The van der Waals surface area contributed by atoms with Crippen LogP contribution in [0.2, 0.25) is 0 Å². The smallest absolute Gasteiger partial charge is 0.324 e. The number of carbonyl (C=O) groups is 1. The molecule has 0 fully saturated rings. The molecule has 7 heteroatoms. The van der Waals surface area contributed by atoms with E-state index in [4.69, 9.17) is 0 Å². The fourth-order valence-electron chi connectivity index (χ4n) is 2.59. The lowest BCUT2D eigenvalue weighted by Gasteiger charge is -2.17. The summed E-state index contributed by atoms with van der Waals surface area (Å²) >= 11 is 0. The van der Waals surface area contributed by atoms with Crippen LogP contribution in [0.15, 0.2) is 48.9 Å². The molecule has 0 bridgehead atoms. The predicted molar refractivity (Wildman–Crippen MR) is 93.1 cm³/mol. The van der Waals surface area contributed by atoms with Gasteiger partial charge in [0.1, 0.15) is 11.6 Å². The number of hydrogen-bond acceptors (Lipinski definition) is 3. The number of imidazole rings is 1. The van der Waals surface area contributed by atoms with Gasteiger partial charge in [0.05, 0.1) is 12.2 Å². The van der Waals surface area contributed by atoms with Gasteiger partial charge < -0.3 is 9.88 Å². The van der Waals surface area contributed by atoms with E-state index < -0.39 is 0 Å². The van der Waals surface area contributed by atoms with E-state index in [1.165, 1.54) is 0 Å². The van der Waals surface area contributed by atoms with Crippen molar-refractivity contribution in [3.8, 4) is 0 Å². The monoisotopic (exact) mass is 324 g/mol. The third-order valence-corrected chi connectivity index (χ3v) is 3.88. The van der Waals surface area contributed by atoms with Gasteiger partial charge in [-0.1, -0.05) is 19.1 Å². The number of aromatic amines is 1. The first-order valence-electron chi connectivity index (χ1n) is 7.86. The van der Waals surface area contributed by atoms with E-state index >= 15 is 0 Å². The lowest BCUT2D eigenvalue weighted by atomic mass is 10.1. The number of benzene rings is 1. The Kier molecular flexibility index (Phi) is 4.60. The van der Waals surface area contributed by atoms with Crippen molar-refractivity contribution in [3.63, 3.8) is 0 Å². The van der Waals surface area contributed by atoms with E-state index in [9.17, 15) is 4.79 Å². The van der Waals surface area contributed by atoms with Gasteiger partial charge in [0, 0.05) is 30.6 Å². The van der Waals surface area contributed by atoms with E-state index in [2.05, 4.69) is 44.2 Å². The molecular formula is C17H20N6O. The zero-order valence-corrected chi connectivity index (χ0v) is 13.7. The highest BCUT2D eigenvalue weighted by molar-refractivity contribution is 5.99. The van der Waals surface area contributed by atoms with Gasteiger partial charge >= 0.3 is 6.03 Å². The zero-order valence-electron chi connectivity index (χ0n) is 13.7. The molecule has 3 aromatic rings. The molecule has 0 aliphatic rings. The molecule has 1 atom stereocenters. The number of aryl methyl sites for hydroxylation is 1. The highest BCUT2D eigenvalue weighted by atomic mass is 16.2. The Balaban J connectivity index is 1.65. The van der Waals surface area contributed by atoms with Gasteiger partial charge in [-0.3, -0.25) is 10.4 Å². The van der Waals surface area contributed by atoms with Crippen LogP contribution >= 0.6 is 0 Å². The number of carbonyl (C=O) groups excluding carboxylic acids is 1. The number of hydrogen-bond donors (Lipinski definition) is 3. The second kappa shape index (κ2) is 6.99. The number of nitrogens with one attached hydrogen (secondary N) is 3. The first-order chi connectivity index (χ1) is 11.7. The maximum absolute atomic E-state index is 11.9. The van der Waals surface area contributed by atoms with Crippen LogP contribution in [0.1, 0.15) is 31.3 Å². The largest absolute Gasteiger partial charge is 0.328 e. The molecule has 0 aliphatic carbocycles. The number of nitrogens with zero attached hydrogens (tertiary/aromatic N) is 3. The van der Waals surface area contributed by atoms with E-state index in [0.29, 0.717) is 5.82 Å². The first kappa shape index (κ1) is 15.8. The third-order valence-electron chi connectivity index (χ3n) is 3.88. The third kappa shape index (κ3) is 3.45. The molecule has 7 nitrogen and oxygen atoms in total. The standard InChI is InChI=1S/C17H20N6O/c1-3-16-18-10-11-23(16)12(2)13-4-6-14(7-5-13)20-17(24)21-15-8-9-19-22-15/h4-12H,3H2,1-2H3,(H3,19,20,21,22,24)/t12-/m1/s1. The molecule has 0 saturated heterocycles. The molecule has 2 heterocycles. The SMILES string of the molecule is CCc1nccn1[C@H](C)c1ccc(NC(=O)Nc2ccn[nH]2)cc1. The summed E-state index contributed by atoms with van der Waals surface area (Å²) in [6.45, 7) is 4.23. The van der Waals surface area contributed by atoms with E-state index in [1.807, 2.05) is 36.7 Å². The summed E-state index contributed by atoms with van der Waals surface area (Å²) in [6.07, 6.45) is 6.29. The van der Waals surface area contributed by atoms with Crippen LogP contribution in [0, 0.1) is 0 Å². The summed E-state index contributed by atoms with van der Waals surface area (Å²) in [4.78, 5) is 16.2. The lowest BCUT2D eigenvalue weighted by molar-refractivity contribution is 0.262. The van der Waals surface area contributed by atoms with Crippen molar-refractivity contribution in [2.45, 2.75) is 26.3 Å². The summed E-state index contributed by atoms with van der Waals surface area (Å²) in [5.74, 6) is 1.61. The number of anilines is 2. The average Bonchev–Trinajstić information content (AvgIpc) is 3.25. The van der Waals surface area contributed by atoms with Crippen LogP contribution in [0.25, 0.3) is 0 Å². The maximum Gasteiger partial charge on any atom is 0.324 e. The Bertz CT molecular complexity index is 791. The maximum atomic E-state index is 11.9. The average molecular weight is 324 g/mol. The molecule has 124 valence electrons. The molecule has 3 rings (SSSR count). The van der Waals surface area contributed by atoms with Gasteiger partial charge in [-0.05, 0) is 24.6 Å². The van der Waals surface area contributed by atoms with Crippen molar-refractivity contribution in [3.05, 3.63) is 60.3 Å². The Morgan fingerprint density at radius 2 is 2.00 bits per heavy atom. The molecule has 24 heavy (non-hydrogen) atoms. The highest BCUT2D eigenvalue weighted by Gasteiger charge is 2.11. The Labute approximate surface area is 140 Å². The molecule has 0 spiro atoms. The summed E-state index contributed by atoms with van der Waals surface area (Å²) < 4.78 is 2.16. The van der Waals surface area contributed by atoms with Gasteiger partial charge in [0.2, 0.25) is 0 Å². The van der Waals surface area contributed by atoms with Crippen molar-refractivity contribution in [1.82, 2.24) is 19.7 Å². The Morgan fingerprint density at radius 1 is 1.21 bits per heavy atom. The van der Waals surface area contributed by atoms with Crippen LogP contribution in [0.3, 0.4) is 0 Å². The van der Waals surface area contributed by atoms with E-state index in [-0.39, 0.29) is 12.1 Å². The summed E-state index contributed by atoms with van der Waals surface area (Å²) in [5.41, 5.74) is 1.88. The highest BCUT2D eigenvalue weighted by Crippen LogP contribution is 2.21. The second-order valence-corrected chi connectivity index (χ2v) is 5.45. The number of aromatic nitrogens is 4. The number of rotatable bonds is 5. The molecule has 0 radical (unpaired) electrons. The first-order valence-corrected chi connectivity index (χ1v) is 7.86. The molecule has 0 unspecified atom stereocenters. The van der Waals surface area contributed by atoms with Crippen molar-refractivity contribution in [2.75, 3.05) is 10.6 Å². The molecule has 0 saturated carbocycles. The van der Waals surface area contributed by atoms with Crippen LogP contribution in [0.4, 0.5) is 16.3 Å². The minimum absolute atomic E-state index is 0.190. The summed E-state index contributed by atoms with van der Waals surface area (Å²) in [5, 5.41) is 11.9. The van der Waals surface area contributed by atoms with Gasteiger partial charge in [0.15, 0.2) is 0 Å². The molecule has 0 aliphatic heterocycles. The second-order valence-electron chi connectivity index (χ2n) is 5.45. The van der Waals surface area contributed by atoms with Crippen LogP contribution in [-0.2, 0) is 6.42 Å². The van der Waals surface area contributed by atoms with Gasteiger partial charge in [-0.25, -0.2) is 9.78 Å². The van der Waals surface area contributed by atoms with Crippen LogP contribution in [-0.4, -0.2) is 25.8 Å². The van der Waals surface area contributed by atoms with Crippen molar-refractivity contribution in [1.29, 1.82) is 0 Å². The summed E-state index contributed by atoms with van der Waals surface area (Å²) in [6, 6.07) is 9.35. The number of amides is 2. The minimum Gasteiger partial charge on any atom is -0.328 e. The van der Waals surface area contributed by atoms with E-state index in [0.717, 1.165) is 23.5 Å². The van der Waals surface area contributed by atoms with Crippen LogP contribution in [0.5, 0.6) is 0 Å².